The van der Waals surface area contributed by atoms with Crippen LogP contribution in [0.25, 0.3) is 11.3 Å². The van der Waals surface area contributed by atoms with Crippen molar-refractivity contribution in [2.75, 3.05) is 38.1 Å². The Hall–Kier alpha value is -2.41. The quantitative estimate of drug-likeness (QED) is 0.683. The van der Waals surface area contributed by atoms with Gasteiger partial charge < -0.3 is 19.2 Å². The summed E-state index contributed by atoms with van der Waals surface area (Å²) in [5, 5.41) is 4.36. The first kappa shape index (κ1) is 22.3. The smallest absolute Gasteiger partial charge is 0.232 e. The lowest BCUT2D eigenvalue weighted by Crippen LogP contribution is -2.45. The summed E-state index contributed by atoms with van der Waals surface area (Å²) in [6, 6.07) is 6.37. The molecule has 164 valence electrons. The molecule has 1 amide bonds. The van der Waals surface area contributed by atoms with Gasteiger partial charge in [-0.15, -0.1) is 0 Å². The van der Waals surface area contributed by atoms with Crippen molar-refractivity contribution in [3.8, 4) is 11.3 Å². The normalized spacial score (nSPS) is 16.2. The number of likely N-dealkylation sites (N-methyl/N-ethyl adjacent to an activating group) is 1. The van der Waals surface area contributed by atoms with Gasteiger partial charge in [-0.3, -0.25) is 4.79 Å². The second kappa shape index (κ2) is 9.60. The number of amides is 1. The van der Waals surface area contributed by atoms with Gasteiger partial charge in [0.05, 0.1) is 12.1 Å². The van der Waals surface area contributed by atoms with Crippen LogP contribution in [0.5, 0.6) is 0 Å². The molecule has 0 radical (unpaired) electrons. The lowest BCUT2D eigenvalue weighted by atomic mass is 10.0. The zero-order valence-electron chi connectivity index (χ0n) is 18.7. The minimum absolute atomic E-state index is 0.0937. The van der Waals surface area contributed by atoms with Crippen molar-refractivity contribution >= 4 is 11.8 Å². The number of rotatable bonds is 7. The monoisotopic (exact) mass is 416 g/mol. The largest absolute Gasteiger partial charge is 0.338 e. The molecule has 0 spiro atoms. The maximum Gasteiger partial charge on any atom is 0.232 e. The first-order chi connectivity index (χ1) is 14.3. The third-order valence-corrected chi connectivity index (χ3v) is 5.90. The first-order valence-electron chi connectivity index (χ1n) is 10.8. The highest BCUT2D eigenvalue weighted by atomic mass is 19.1. The molecule has 2 heterocycles. The molecule has 30 heavy (non-hydrogen) atoms. The van der Waals surface area contributed by atoms with Gasteiger partial charge in [0.25, 0.3) is 0 Å². The highest BCUT2D eigenvalue weighted by molar-refractivity contribution is 5.79. The fourth-order valence-electron chi connectivity index (χ4n) is 3.71. The van der Waals surface area contributed by atoms with Crippen LogP contribution in [0.2, 0.25) is 0 Å². The van der Waals surface area contributed by atoms with Crippen LogP contribution in [0.4, 0.5) is 10.3 Å². The van der Waals surface area contributed by atoms with E-state index >= 15 is 0 Å². The van der Waals surface area contributed by atoms with Crippen LogP contribution in [0.15, 0.2) is 28.8 Å². The van der Waals surface area contributed by atoms with Crippen molar-refractivity contribution in [2.45, 2.75) is 46.7 Å². The van der Waals surface area contributed by atoms with Crippen LogP contribution < -0.4 is 4.90 Å². The van der Waals surface area contributed by atoms with Gasteiger partial charge in [0, 0.05) is 43.7 Å². The Kier molecular flexibility index (Phi) is 7.13. The van der Waals surface area contributed by atoms with E-state index in [1.807, 2.05) is 18.7 Å². The molecule has 1 aliphatic heterocycles. The van der Waals surface area contributed by atoms with E-state index < -0.39 is 0 Å². The molecule has 1 aromatic heterocycles. The molecule has 1 saturated heterocycles. The summed E-state index contributed by atoms with van der Waals surface area (Å²) in [7, 11) is 2.11. The number of halogens is 1. The van der Waals surface area contributed by atoms with E-state index in [1.54, 1.807) is 12.1 Å². The van der Waals surface area contributed by atoms with Crippen molar-refractivity contribution in [1.29, 1.82) is 0 Å². The van der Waals surface area contributed by atoms with Crippen molar-refractivity contribution in [3.63, 3.8) is 0 Å². The fourth-order valence-corrected chi connectivity index (χ4v) is 3.71. The number of anilines is 1. The van der Waals surface area contributed by atoms with Gasteiger partial charge in [0.2, 0.25) is 11.8 Å². The number of piperazine rings is 1. The number of hydrogen-bond donors (Lipinski definition) is 0. The molecule has 1 aliphatic rings. The molecule has 0 saturated carbocycles. The van der Waals surface area contributed by atoms with E-state index in [2.05, 4.69) is 35.9 Å². The van der Waals surface area contributed by atoms with Crippen molar-refractivity contribution < 1.29 is 13.7 Å². The molecule has 0 bridgehead atoms. The predicted molar refractivity (Wildman–Crippen MR) is 117 cm³/mol. The summed E-state index contributed by atoms with van der Waals surface area (Å²) in [6.07, 6.45) is 0.861. The molecule has 3 rings (SSSR count). The van der Waals surface area contributed by atoms with Gasteiger partial charge >= 0.3 is 0 Å². The minimum atomic E-state index is -0.292. The predicted octanol–water partition coefficient (Wildman–Crippen LogP) is 4.02. The summed E-state index contributed by atoms with van der Waals surface area (Å²) >= 11 is 0. The van der Waals surface area contributed by atoms with E-state index in [1.165, 1.54) is 12.1 Å². The van der Waals surface area contributed by atoms with Gasteiger partial charge in [0.15, 0.2) is 0 Å². The third-order valence-electron chi connectivity index (χ3n) is 5.90. The third kappa shape index (κ3) is 4.83. The van der Waals surface area contributed by atoms with Crippen LogP contribution in [-0.4, -0.2) is 60.1 Å². The van der Waals surface area contributed by atoms with Gasteiger partial charge in [-0.2, -0.15) is 0 Å². The Morgan fingerprint density at radius 1 is 1.17 bits per heavy atom. The van der Waals surface area contributed by atoms with E-state index in [0.29, 0.717) is 18.1 Å². The lowest BCUT2D eigenvalue weighted by molar-refractivity contribution is -0.137. The van der Waals surface area contributed by atoms with Gasteiger partial charge in [-0.1, -0.05) is 25.9 Å². The topological polar surface area (TPSA) is 52.8 Å². The van der Waals surface area contributed by atoms with E-state index in [4.69, 9.17) is 4.52 Å². The average molecular weight is 417 g/mol. The molecule has 0 aliphatic carbocycles. The van der Waals surface area contributed by atoms with Crippen LogP contribution >= 0.6 is 0 Å². The van der Waals surface area contributed by atoms with Gasteiger partial charge in [-0.25, -0.2) is 4.39 Å². The summed E-state index contributed by atoms with van der Waals surface area (Å²) in [4.78, 5) is 19.4. The Labute approximate surface area is 178 Å². The van der Waals surface area contributed by atoms with E-state index in [0.717, 1.165) is 43.7 Å². The number of aromatic nitrogens is 1. The molecule has 1 unspecified atom stereocenters. The summed E-state index contributed by atoms with van der Waals surface area (Å²) in [5.41, 5.74) is 2.35. The summed E-state index contributed by atoms with van der Waals surface area (Å²) in [5.74, 6) is 0.437. The van der Waals surface area contributed by atoms with Crippen LogP contribution in [-0.2, 0) is 11.3 Å². The maximum atomic E-state index is 13.5. The number of hydrogen-bond acceptors (Lipinski definition) is 5. The van der Waals surface area contributed by atoms with Crippen molar-refractivity contribution in [3.05, 3.63) is 35.6 Å². The average Bonchev–Trinajstić information content (AvgIpc) is 3.15. The standard InChI is InChI=1S/C23H33FN4O2/c1-6-17(4)28(22(29)16(2)3)15-20-21(18-7-9-19(24)10-8-18)25-30-23(20)27-13-11-26(5)12-14-27/h7-10,16-17H,6,11-15H2,1-5H3. The number of carbonyl (C=O) groups is 1. The highest BCUT2D eigenvalue weighted by Gasteiger charge is 2.30. The molecular formula is C23H33FN4O2. The molecule has 7 heteroatoms. The molecule has 1 fully saturated rings. The Morgan fingerprint density at radius 2 is 1.80 bits per heavy atom. The summed E-state index contributed by atoms with van der Waals surface area (Å²) in [6.45, 7) is 12.0. The molecule has 6 nitrogen and oxygen atoms in total. The van der Waals surface area contributed by atoms with E-state index in [9.17, 15) is 9.18 Å². The second-order valence-electron chi connectivity index (χ2n) is 8.49. The van der Waals surface area contributed by atoms with Crippen LogP contribution in [0.1, 0.15) is 39.7 Å². The van der Waals surface area contributed by atoms with Crippen molar-refractivity contribution in [2.24, 2.45) is 5.92 Å². The Morgan fingerprint density at radius 3 is 2.37 bits per heavy atom. The number of benzene rings is 1. The first-order valence-corrected chi connectivity index (χ1v) is 10.8. The fraction of sp³-hybridized carbons (Fsp3) is 0.565. The maximum absolute atomic E-state index is 13.5. The Balaban J connectivity index is 2.02. The molecular weight excluding hydrogens is 383 g/mol. The van der Waals surface area contributed by atoms with Crippen LogP contribution in [0.3, 0.4) is 0 Å². The van der Waals surface area contributed by atoms with Crippen LogP contribution in [0, 0.1) is 11.7 Å². The highest BCUT2D eigenvalue weighted by Crippen LogP contribution is 2.34. The van der Waals surface area contributed by atoms with Gasteiger partial charge in [-0.05, 0) is 44.7 Å². The Bertz CT molecular complexity index is 841. The molecule has 1 atom stereocenters. The number of carbonyl (C=O) groups excluding carboxylic acids is 1. The van der Waals surface area contributed by atoms with E-state index in [-0.39, 0.29) is 23.7 Å². The minimum Gasteiger partial charge on any atom is -0.338 e. The zero-order valence-corrected chi connectivity index (χ0v) is 18.7. The number of nitrogens with zero attached hydrogens (tertiary/aromatic N) is 4. The molecule has 0 N–H and O–H groups in total. The van der Waals surface area contributed by atoms with Crippen molar-refractivity contribution in [1.82, 2.24) is 15.0 Å². The zero-order chi connectivity index (χ0) is 21.8. The van der Waals surface area contributed by atoms with Gasteiger partial charge in [0.1, 0.15) is 11.5 Å². The summed E-state index contributed by atoms with van der Waals surface area (Å²) < 4.78 is 19.3. The second-order valence-corrected chi connectivity index (χ2v) is 8.49. The SMILES string of the molecule is CCC(C)N(Cc1c(-c2ccc(F)cc2)noc1N1CCN(C)CC1)C(=O)C(C)C. The molecule has 1 aromatic carbocycles. The lowest BCUT2D eigenvalue weighted by Gasteiger charge is -2.34. The molecule has 2 aromatic rings.